The van der Waals surface area contributed by atoms with Crippen molar-refractivity contribution in [2.24, 2.45) is 5.92 Å². The van der Waals surface area contributed by atoms with Crippen LogP contribution in [0.4, 0.5) is 0 Å². The normalized spacial score (nSPS) is 14.4. The molecule has 1 N–H and O–H groups in total. The van der Waals surface area contributed by atoms with Gasteiger partial charge >= 0.3 is 0 Å². The van der Waals surface area contributed by atoms with E-state index in [1.807, 2.05) is 26.0 Å². The van der Waals surface area contributed by atoms with Gasteiger partial charge in [0, 0.05) is 10.5 Å². The van der Waals surface area contributed by atoms with Gasteiger partial charge in [-0.05, 0) is 42.9 Å². The molecule has 0 bridgehead atoms. The van der Waals surface area contributed by atoms with Crippen LogP contribution in [0.15, 0.2) is 33.7 Å². The highest BCUT2D eigenvalue weighted by molar-refractivity contribution is 7.99. The second kappa shape index (κ2) is 7.09. The summed E-state index contributed by atoms with van der Waals surface area (Å²) < 4.78 is 5.36. The predicted octanol–water partition coefficient (Wildman–Crippen LogP) is 3.97. The Hall–Kier alpha value is -1.33. The molecule has 21 heavy (non-hydrogen) atoms. The van der Waals surface area contributed by atoms with Gasteiger partial charge in [-0.1, -0.05) is 25.9 Å². The van der Waals surface area contributed by atoms with Crippen molar-refractivity contribution in [3.8, 4) is 11.4 Å². The largest absolute Gasteiger partial charge is 0.393 e. The minimum Gasteiger partial charge on any atom is -0.393 e. The smallest absolute Gasteiger partial charge is 0.232 e. The van der Waals surface area contributed by atoms with Gasteiger partial charge in [0.1, 0.15) is 0 Å². The Labute approximate surface area is 130 Å². The van der Waals surface area contributed by atoms with Gasteiger partial charge in [0.2, 0.25) is 11.7 Å². The predicted molar refractivity (Wildman–Crippen MR) is 85.4 cm³/mol. The van der Waals surface area contributed by atoms with Crippen molar-refractivity contribution in [1.82, 2.24) is 10.1 Å². The van der Waals surface area contributed by atoms with Crippen LogP contribution in [-0.4, -0.2) is 27.1 Å². The molecule has 2 rings (SSSR count). The lowest BCUT2D eigenvalue weighted by molar-refractivity contribution is 0.120. The summed E-state index contributed by atoms with van der Waals surface area (Å²) in [6, 6.07) is 8.13. The molecule has 0 aliphatic carbocycles. The maximum absolute atomic E-state index is 9.88. The number of aliphatic hydroxyl groups excluding tert-OH is 1. The summed E-state index contributed by atoms with van der Waals surface area (Å²) in [4.78, 5) is 5.68. The molecule has 0 aliphatic heterocycles. The number of aromatic nitrogens is 2. The average molecular weight is 306 g/mol. The van der Waals surface area contributed by atoms with Crippen LogP contribution in [0.5, 0.6) is 0 Å². The molecule has 2 atom stereocenters. The number of aliphatic hydroxyl groups is 1. The maximum atomic E-state index is 9.88. The molecular formula is C16H22N2O2S. The summed E-state index contributed by atoms with van der Waals surface area (Å²) in [6.45, 7) is 7.97. The molecule has 2 unspecified atom stereocenters. The fourth-order valence-corrected chi connectivity index (χ4v) is 3.07. The Bertz CT molecular complexity index is 556. The maximum Gasteiger partial charge on any atom is 0.232 e. The zero-order chi connectivity index (χ0) is 15.4. The Kier molecular flexibility index (Phi) is 5.42. The van der Waals surface area contributed by atoms with E-state index in [1.54, 1.807) is 18.7 Å². The monoisotopic (exact) mass is 306 g/mol. The van der Waals surface area contributed by atoms with E-state index in [0.717, 1.165) is 11.3 Å². The Balaban J connectivity index is 2.22. The molecular weight excluding hydrogens is 284 g/mol. The first-order valence-electron chi connectivity index (χ1n) is 7.27. The Morgan fingerprint density at radius 1 is 1.19 bits per heavy atom. The van der Waals surface area contributed by atoms with Gasteiger partial charge in [-0.3, -0.25) is 0 Å². The third kappa shape index (κ3) is 3.86. The molecule has 1 heterocycles. The van der Waals surface area contributed by atoms with Gasteiger partial charge in [-0.15, -0.1) is 11.8 Å². The minimum absolute atomic E-state index is 0.138. The average Bonchev–Trinajstić information content (AvgIpc) is 2.88. The highest BCUT2D eigenvalue weighted by Gasteiger charge is 2.27. The second-order valence-electron chi connectivity index (χ2n) is 5.42. The van der Waals surface area contributed by atoms with Crippen molar-refractivity contribution < 1.29 is 9.63 Å². The molecule has 0 aliphatic rings. The van der Waals surface area contributed by atoms with E-state index < -0.39 is 6.10 Å². The second-order valence-corrected chi connectivity index (χ2v) is 6.76. The Morgan fingerprint density at radius 2 is 1.86 bits per heavy atom. The van der Waals surface area contributed by atoms with Gasteiger partial charge in [0.05, 0.1) is 12.0 Å². The number of hydrogen-bond donors (Lipinski definition) is 1. The van der Waals surface area contributed by atoms with Crippen LogP contribution in [0, 0.1) is 5.92 Å². The van der Waals surface area contributed by atoms with Crippen LogP contribution in [0.2, 0.25) is 0 Å². The standard InChI is InChI=1S/C16H22N2O2S/c1-5-21-13-8-6-12(7-9-13)15-17-16(20-18-15)14(10(2)3)11(4)19/h6-11,14,19H,5H2,1-4H3. The van der Waals surface area contributed by atoms with Crippen molar-refractivity contribution >= 4 is 11.8 Å². The lowest BCUT2D eigenvalue weighted by Gasteiger charge is -2.19. The number of hydrogen-bond acceptors (Lipinski definition) is 5. The third-order valence-electron chi connectivity index (χ3n) is 3.39. The Morgan fingerprint density at radius 3 is 2.38 bits per heavy atom. The summed E-state index contributed by atoms with van der Waals surface area (Å²) in [5.74, 6) is 2.23. The van der Waals surface area contributed by atoms with Gasteiger partial charge in [0.25, 0.3) is 0 Å². The summed E-state index contributed by atoms with van der Waals surface area (Å²) >= 11 is 1.80. The number of benzene rings is 1. The number of nitrogens with zero attached hydrogens (tertiary/aromatic N) is 2. The molecule has 114 valence electrons. The molecule has 4 nitrogen and oxygen atoms in total. The zero-order valence-electron chi connectivity index (χ0n) is 12.9. The van der Waals surface area contributed by atoms with E-state index in [4.69, 9.17) is 4.52 Å². The molecule has 0 radical (unpaired) electrons. The van der Waals surface area contributed by atoms with Crippen LogP contribution in [0.3, 0.4) is 0 Å². The van der Waals surface area contributed by atoms with Crippen molar-refractivity contribution in [2.75, 3.05) is 5.75 Å². The molecule has 1 aromatic carbocycles. The van der Waals surface area contributed by atoms with Crippen molar-refractivity contribution in [2.45, 2.75) is 44.6 Å². The van der Waals surface area contributed by atoms with E-state index >= 15 is 0 Å². The van der Waals surface area contributed by atoms with Crippen molar-refractivity contribution in [1.29, 1.82) is 0 Å². The highest BCUT2D eigenvalue weighted by atomic mass is 32.2. The van der Waals surface area contributed by atoms with E-state index in [2.05, 4.69) is 29.2 Å². The van der Waals surface area contributed by atoms with E-state index in [-0.39, 0.29) is 11.8 Å². The topological polar surface area (TPSA) is 59.2 Å². The van der Waals surface area contributed by atoms with Gasteiger partial charge in [-0.2, -0.15) is 4.98 Å². The lowest BCUT2D eigenvalue weighted by atomic mass is 9.91. The van der Waals surface area contributed by atoms with Crippen LogP contribution >= 0.6 is 11.8 Å². The molecule has 0 amide bonds. The summed E-state index contributed by atoms with van der Waals surface area (Å²) in [6.07, 6.45) is -0.512. The van der Waals surface area contributed by atoms with Crippen LogP contribution in [0.25, 0.3) is 11.4 Å². The number of rotatable bonds is 6. The SMILES string of the molecule is CCSc1ccc(-c2noc(C(C(C)C)C(C)O)n2)cc1. The lowest BCUT2D eigenvalue weighted by Crippen LogP contribution is -2.20. The quantitative estimate of drug-likeness (QED) is 0.818. The molecule has 0 saturated carbocycles. The summed E-state index contributed by atoms with van der Waals surface area (Å²) in [7, 11) is 0. The van der Waals surface area contributed by atoms with Gasteiger partial charge < -0.3 is 9.63 Å². The highest BCUT2D eigenvalue weighted by Crippen LogP contribution is 2.29. The zero-order valence-corrected chi connectivity index (χ0v) is 13.7. The fourth-order valence-electron chi connectivity index (χ4n) is 2.40. The van der Waals surface area contributed by atoms with E-state index in [9.17, 15) is 5.11 Å². The first kappa shape index (κ1) is 16.0. The summed E-state index contributed by atoms with van der Waals surface area (Å²) in [5, 5.41) is 13.9. The van der Waals surface area contributed by atoms with Gasteiger partial charge in [-0.25, -0.2) is 0 Å². The third-order valence-corrected chi connectivity index (χ3v) is 4.28. The van der Waals surface area contributed by atoms with Crippen LogP contribution in [-0.2, 0) is 0 Å². The first-order chi connectivity index (χ1) is 10.0. The van der Waals surface area contributed by atoms with Gasteiger partial charge in [0.15, 0.2) is 0 Å². The molecule has 0 saturated heterocycles. The minimum atomic E-state index is -0.512. The molecule has 0 fully saturated rings. The van der Waals surface area contributed by atoms with E-state index in [0.29, 0.717) is 11.7 Å². The fraction of sp³-hybridized carbons (Fsp3) is 0.500. The number of thioether (sulfide) groups is 1. The van der Waals surface area contributed by atoms with Crippen molar-refractivity contribution in [3.05, 3.63) is 30.2 Å². The first-order valence-corrected chi connectivity index (χ1v) is 8.26. The molecule has 5 heteroatoms. The van der Waals surface area contributed by atoms with Crippen LogP contribution in [0.1, 0.15) is 39.5 Å². The molecule has 2 aromatic rings. The molecule has 0 spiro atoms. The van der Waals surface area contributed by atoms with E-state index in [1.165, 1.54) is 4.90 Å². The van der Waals surface area contributed by atoms with Crippen molar-refractivity contribution in [3.63, 3.8) is 0 Å². The summed E-state index contributed by atoms with van der Waals surface area (Å²) in [5.41, 5.74) is 0.929. The molecule has 1 aromatic heterocycles. The van der Waals surface area contributed by atoms with Crippen LogP contribution < -0.4 is 0 Å².